The number of amides is 2. The Balaban J connectivity index is 1.43. The minimum absolute atomic E-state index is 0.212. The molecule has 2 N–H and O–H groups in total. The molecule has 0 radical (unpaired) electrons. The number of carbonyl (C=O) groups is 2. The van der Waals surface area contributed by atoms with E-state index in [0.29, 0.717) is 22.6 Å². The molecule has 0 fully saturated rings. The Labute approximate surface area is 185 Å². The zero-order chi connectivity index (χ0) is 22.3. The Kier molecular flexibility index (Phi) is 6.22. The van der Waals surface area contributed by atoms with Gasteiger partial charge in [-0.25, -0.2) is 5.43 Å². The predicted octanol–water partition coefficient (Wildman–Crippen LogP) is 4.86. The maximum Gasteiger partial charge on any atom is 0.271 e. The highest BCUT2D eigenvalue weighted by Gasteiger charge is 2.09. The topological polar surface area (TPSA) is 79.8 Å². The van der Waals surface area contributed by atoms with E-state index in [1.165, 1.54) is 0 Å². The van der Waals surface area contributed by atoms with Crippen LogP contribution < -0.4 is 15.5 Å². The Morgan fingerprint density at radius 3 is 2.22 bits per heavy atom. The van der Waals surface area contributed by atoms with Crippen LogP contribution >= 0.6 is 0 Å². The van der Waals surface area contributed by atoms with Gasteiger partial charge in [0.25, 0.3) is 11.8 Å². The summed E-state index contributed by atoms with van der Waals surface area (Å²) in [4.78, 5) is 24.7. The lowest BCUT2D eigenvalue weighted by molar-refractivity contribution is 0.0954. The molecule has 0 unspecified atom stereocenters. The number of nitrogens with zero attached hydrogens (tertiary/aromatic N) is 1. The maximum atomic E-state index is 12.5. The van der Waals surface area contributed by atoms with Gasteiger partial charge in [0.05, 0.1) is 13.3 Å². The van der Waals surface area contributed by atoms with Gasteiger partial charge < -0.3 is 10.1 Å². The molecule has 4 rings (SSSR count). The van der Waals surface area contributed by atoms with Crippen LogP contribution in [0.15, 0.2) is 96.1 Å². The molecule has 0 saturated heterocycles. The second kappa shape index (κ2) is 9.57. The van der Waals surface area contributed by atoms with Gasteiger partial charge >= 0.3 is 0 Å². The van der Waals surface area contributed by atoms with Crippen molar-refractivity contribution in [2.45, 2.75) is 0 Å². The number of nitrogens with one attached hydrogen (secondary N) is 2. The third-order valence-corrected chi connectivity index (χ3v) is 4.95. The summed E-state index contributed by atoms with van der Waals surface area (Å²) in [5, 5.41) is 8.94. The van der Waals surface area contributed by atoms with Crippen LogP contribution in [0.25, 0.3) is 10.8 Å². The molecule has 158 valence electrons. The largest absolute Gasteiger partial charge is 0.496 e. The third-order valence-electron chi connectivity index (χ3n) is 4.95. The smallest absolute Gasteiger partial charge is 0.271 e. The van der Waals surface area contributed by atoms with E-state index in [2.05, 4.69) is 15.8 Å². The lowest BCUT2D eigenvalue weighted by Crippen LogP contribution is -2.18. The highest BCUT2D eigenvalue weighted by Crippen LogP contribution is 2.26. The molecular weight excluding hydrogens is 402 g/mol. The molecule has 4 aromatic rings. The van der Waals surface area contributed by atoms with Crippen LogP contribution in [0.4, 0.5) is 5.69 Å². The molecule has 6 heteroatoms. The standard InChI is InChI=1S/C26H21N3O3/c1-32-24-16-13-18-7-5-6-10-22(18)23(24)17-27-29-26(31)20-11-14-21(15-12-20)28-25(30)19-8-3-2-4-9-19/h2-17H,1H3,(H,28,30)(H,29,31). The number of hydrogen-bond acceptors (Lipinski definition) is 4. The first kappa shape index (κ1) is 20.8. The molecule has 0 bridgehead atoms. The maximum absolute atomic E-state index is 12.5. The number of methoxy groups -OCH3 is 1. The van der Waals surface area contributed by atoms with Gasteiger partial charge in [0.2, 0.25) is 0 Å². The van der Waals surface area contributed by atoms with Gasteiger partial charge in [-0.15, -0.1) is 0 Å². The number of anilines is 1. The molecule has 0 heterocycles. The van der Waals surface area contributed by atoms with E-state index < -0.39 is 0 Å². The predicted molar refractivity (Wildman–Crippen MR) is 126 cm³/mol. The molecule has 0 aromatic heterocycles. The lowest BCUT2D eigenvalue weighted by atomic mass is 10.0. The second-order valence-electron chi connectivity index (χ2n) is 7.00. The fraction of sp³-hybridized carbons (Fsp3) is 0.0385. The normalized spacial score (nSPS) is 10.8. The quantitative estimate of drug-likeness (QED) is 0.343. The SMILES string of the molecule is COc1ccc2ccccc2c1C=NNC(=O)c1ccc(NC(=O)c2ccccc2)cc1. The second-order valence-corrected chi connectivity index (χ2v) is 7.00. The zero-order valence-electron chi connectivity index (χ0n) is 17.4. The molecule has 4 aromatic carbocycles. The Bertz CT molecular complexity index is 1280. The molecule has 0 saturated carbocycles. The summed E-state index contributed by atoms with van der Waals surface area (Å²) in [6.07, 6.45) is 1.58. The summed E-state index contributed by atoms with van der Waals surface area (Å²) >= 11 is 0. The summed E-state index contributed by atoms with van der Waals surface area (Å²) in [6.45, 7) is 0. The number of fused-ring (bicyclic) bond motifs is 1. The van der Waals surface area contributed by atoms with Crippen LogP contribution in [0.2, 0.25) is 0 Å². The molecule has 0 aliphatic rings. The van der Waals surface area contributed by atoms with Gasteiger partial charge in [0.1, 0.15) is 5.75 Å². The van der Waals surface area contributed by atoms with E-state index >= 15 is 0 Å². The first-order valence-corrected chi connectivity index (χ1v) is 10.0. The van der Waals surface area contributed by atoms with Crippen molar-refractivity contribution in [3.8, 4) is 5.75 Å². The number of hydrogen-bond donors (Lipinski definition) is 2. The van der Waals surface area contributed by atoms with Crippen molar-refractivity contribution in [1.82, 2.24) is 5.43 Å². The van der Waals surface area contributed by atoms with Crippen molar-refractivity contribution in [2.24, 2.45) is 5.10 Å². The van der Waals surface area contributed by atoms with Crippen molar-refractivity contribution >= 4 is 34.5 Å². The summed E-state index contributed by atoms with van der Waals surface area (Å²) < 4.78 is 5.43. The molecule has 2 amide bonds. The van der Waals surface area contributed by atoms with Crippen LogP contribution in [0.1, 0.15) is 26.3 Å². The fourth-order valence-electron chi connectivity index (χ4n) is 3.30. The average molecular weight is 423 g/mol. The molecule has 32 heavy (non-hydrogen) atoms. The van der Waals surface area contributed by atoms with E-state index in [1.807, 2.05) is 42.5 Å². The summed E-state index contributed by atoms with van der Waals surface area (Å²) in [7, 11) is 1.60. The third kappa shape index (κ3) is 4.65. The first-order valence-electron chi connectivity index (χ1n) is 10.0. The Morgan fingerprint density at radius 1 is 0.781 bits per heavy atom. The number of ether oxygens (including phenoxy) is 1. The van der Waals surface area contributed by atoms with E-state index in [1.54, 1.807) is 61.9 Å². The highest BCUT2D eigenvalue weighted by atomic mass is 16.5. The van der Waals surface area contributed by atoms with Gasteiger partial charge in [0, 0.05) is 22.4 Å². The summed E-state index contributed by atoms with van der Waals surface area (Å²) in [5.74, 6) is 0.0954. The van der Waals surface area contributed by atoms with Crippen molar-refractivity contribution in [3.63, 3.8) is 0 Å². The van der Waals surface area contributed by atoms with E-state index in [-0.39, 0.29) is 11.8 Å². The van der Waals surface area contributed by atoms with Crippen LogP contribution in [-0.2, 0) is 0 Å². The molecule has 0 aliphatic heterocycles. The minimum atomic E-state index is -0.360. The van der Waals surface area contributed by atoms with Crippen molar-refractivity contribution < 1.29 is 14.3 Å². The van der Waals surface area contributed by atoms with Crippen molar-refractivity contribution in [2.75, 3.05) is 12.4 Å². The van der Waals surface area contributed by atoms with Gasteiger partial charge in [-0.05, 0) is 53.2 Å². The summed E-state index contributed by atoms with van der Waals surface area (Å²) in [5.41, 5.74) is 4.90. The zero-order valence-corrected chi connectivity index (χ0v) is 17.4. The van der Waals surface area contributed by atoms with Crippen LogP contribution in [0.5, 0.6) is 5.75 Å². The molecule has 0 spiro atoms. The van der Waals surface area contributed by atoms with Crippen LogP contribution in [0.3, 0.4) is 0 Å². The van der Waals surface area contributed by atoms with Gasteiger partial charge in [-0.2, -0.15) is 5.10 Å². The minimum Gasteiger partial charge on any atom is -0.496 e. The van der Waals surface area contributed by atoms with Crippen molar-refractivity contribution in [3.05, 3.63) is 108 Å². The Hall–Kier alpha value is -4.45. The monoisotopic (exact) mass is 423 g/mol. The number of hydrazone groups is 1. The molecule has 6 nitrogen and oxygen atoms in total. The van der Waals surface area contributed by atoms with Gasteiger partial charge in [0.15, 0.2) is 0 Å². The van der Waals surface area contributed by atoms with E-state index in [0.717, 1.165) is 16.3 Å². The number of carbonyl (C=O) groups excluding carboxylic acids is 2. The number of rotatable bonds is 6. The molecule has 0 atom stereocenters. The Morgan fingerprint density at radius 2 is 1.47 bits per heavy atom. The lowest BCUT2D eigenvalue weighted by Gasteiger charge is -2.08. The van der Waals surface area contributed by atoms with Crippen LogP contribution in [-0.4, -0.2) is 25.1 Å². The molecule has 0 aliphatic carbocycles. The fourth-order valence-corrected chi connectivity index (χ4v) is 3.30. The first-order chi connectivity index (χ1) is 15.7. The highest BCUT2D eigenvalue weighted by molar-refractivity contribution is 6.05. The van der Waals surface area contributed by atoms with Crippen molar-refractivity contribution in [1.29, 1.82) is 0 Å². The van der Waals surface area contributed by atoms with Gasteiger partial charge in [-0.1, -0.05) is 48.5 Å². The van der Waals surface area contributed by atoms with Crippen LogP contribution in [0, 0.1) is 0 Å². The van der Waals surface area contributed by atoms with E-state index in [9.17, 15) is 9.59 Å². The number of benzene rings is 4. The molecular formula is C26H21N3O3. The van der Waals surface area contributed by atoms with E-state index in [4.69, 9.17) is 4.74 Å². The van der Waals surface area contributed by atoms with Gasteiger partial charge in [-0.3, -0.25) is 9.59 Å². The average Bonchev–Trinajstić information content (AvgIpc) is 2.85. The summed E-state index contributed by atoms with van der Waals surface area (Å²) in [6, 6.07) is 27.3.